The van der Waals surface area contributed by atoms with E-state index in [9.17, 15) is 5.11 Å². The van der Waals surface area contributed by atoms with Gasteiger partial charge in [0.05, 0.1) is 20.3 Å². The van der Waals surface area contributed by atoms with Crippen LogP contribution in [0.15, 0.2) is 24.3 Å². The minimum absolute atomic E-state index is 0.303. The van der Waals surface area contributed by atoms with Gasteiger partial charge in [-0.3, -0.25) is 0 Å². The third-order valence-corrected chi connectivity index (χ3v) is 3.21. The number of methoxy groups -OCH3 is 1. The highest BCUT2D eigenvalue weighted by atomic mass is 16.5. The van der Waals surface area contributed by atoms with E-state index in [0.717, 1.165) is 37.8 Å². The zero-order chi connectivity index (χ0) is 13.5. The van der Waals surface area contributed by atoms with E-state index in [0.29, 0.717) is 13.2 Å². The number of aliphatic hydroxyl groups excluding tert-OH is 1. The van der Waals surface area contributed by atoms with Crippen molar-refractivity contribution in [2.24, 2.45) is 0 Å². The SMILES string of the molecule is COc1cccc(OC[C@@H](O)C[NH+]2CCOCC2)c1. The summed E-state index contributed by atoms with van der Waals surface area (Å²) >= 11 is 0. The number of aliphatic hydroxyl groups is 1. The van der Waals surface area contributed by atoms with Gasteiger partial charge in [-0.1, -0.05) is 6.07 Å². The van der Waals surface area contributed by atoms with Crippen molar-refractivity contribution in [1.82, 2.24) is 0 Å². The molecule has 0 unspecified atom stereocenters. The molecule has 1 heterocycles. The van der Waals surface area contributed by atoms with Crippen molar-refractivity contribution in [3.05, 3.63) is 24.3 Å². The monoisotopic (exact) mass is 268 g/mol. The summed E-state index contributed by atoms with van der Waals surface area (Å²) in [6, 6.07) is 7.40. The Hall–Kier alpha value is -1.30. The molecular formula is C14H22NO4+. The summed E-state index contributed by atoms with van der Waals surface area (Å²) in [5.74, 6) is 1.47. The first-order valence-corrected chi connectivity index (χ1v) is 6.64. The van der Waals surface area contributed by atoms with Crippen LogP contribution in [0.3, 0.4) is 0 Å². The summed E-state index contributed by atoms with van der Waals surface area (Å²) in [6.45, 7) is 4.47. The van der Waals surface area contributed by atoms with E-state index in [1.54, 1.807) is 7.11 Å². The third-order valence-electron chi connectivity index (χ3n) is 3.21. The van der Waals surface area contributed by atoms with Gasteiger partial charge in [0.1, 0.15) is 43.8 Å². The summed E-state index contributed by atoms with van der Waals surface area (Å²) in [6.07, 6.45) is -0.459. The number of hydrogen-bond donors (Lipinski definition) is 2. The number of hydrogen-bond acceptors (Lipinski definition) is 4. The zero-order valence-corrected chi connectivity index (χ0v) is 11.3. The van der Waals surface area contributed by atoms with Crippen molar-refractivity contribution in [3.63, 3.8) is 0 Å². The lowest BCUT2D eigenvalue weighted by Gasteiger charge is -2.25. The molecule has 0 spiro atoms. The molecule has 0 aromatic heterocycles. The lowest BCUT2D eigenvalue weighted by molar-refractivity contribution is -0.911. The standard InChI is InChI=1S/C14H21NO4/c1-17-13-3-2-4-14(9-13)19-11-12(16)10-15-5-7-18-8-6-15/h2-4,9,12,16H,5-8,10-11H2,1H3/p+1/t12-/m0/s1. The summed E-state index contributed by atoms with van der Waals surface area (Å²) in [4.78, 5) is 1.37. The van der Waals surface area contributed by atoms with E-state index in [2.05, 4.69) is 0 Å². The topological polar surface area (TPSA) is 52.4 Å². The van der Waals surface area contributed by atoms with Crippen LogP contribution in [0.2, 0.25) is 0 Å². The average molecular weight is 268 g/mol. The van der Waals surface area contributed by atoms with Crippen molar-refractivity contribution in [1.29, 1.82) is 0 Å². The molecule has 106 valence electrons. The second-order valence-electron chi connectivity index (χ2n) is 4.71. The minimum Gasteiger partial charge on any atom is -0.497 e. The smallest absolute Gasteiger partial charge is 0.137 e. The van der Waals surface area contributed by atoms with Crippen molar-refractivity contribution in [2.45, 2.75) is 6.10 Å². The number of rotatable bonds is 6. The summed E-state index contributed by atoms with van der Waals surface area (Å²) in [5, 5.41) is 9.97. The van der Waals surface area contributed by atoms with Crippen LogP contribution in [-0.4, -0.2) is 57.8 Å². The van der Waals surface area contributed by atoms with Crippen LogP contribution < -0.4 is 14.4 Å². The Morgan fingerprint density at radius 2 is 2.05 bits per heavy atom. The molecule has 1 aromatic carbocycles. The van der Waals surface area contributed by atoms with E-state index in [-0.39, 0.29) is 0 Å². The van der Waals surface area contributed by atoms with Crippen molar-refractivity contribution in [2.75, 3.05) is 46.6 Å². The Bertz CT molecular complexity index is 379. The van der Waals surface area contributed by atoms with E-state index in [4.69, 9.17) is 14.2 Å². The molecule has 1 aliphatic rings. The first kappa shape index (κ1) is 14.1. The Kier molecular flexibility index (Phi) is 5.44. The van der Waals surface area contributed by atoms with Gasteiger partial charge in [-0.15, -0.1) is 0 Å². The highest BCUT2D eigenvalue weighted by Gasteiger charge is 2.18. The zero-order valence-electron chi connectivity index (χ0n) is 11.3. The van der Waals surface area contributed by atoms with Crippen LogP contribution in [0.4, 0.5) is 0 Å². The first-order valence-electron chi connectivity index (χ1n) is 6.64. The van der Waals surface area contributed by atoms with Gasteiger partial charge in [0.15, 0.2) is 0 Å². The maximum absolute atomic E-state index is 9.97. The highest BCUT2D eigenvalue weighted by Crippen LogP contribution is 2.18. The Morgan fingerprint density at radius 1 is 1.32 bits per heavy atom. The second-order valence-corrected chi connectivity index (χ2v) is 4.71. The molecule has 19 heavy (non-hydrogen) atoms. The fourth-order valence-electron chi connectivity index (χ4n) is 2.14. The van der Waals surface area contributed by atoms with Crippen molar-refractivity contribution >= 4 is 0 Å². The first-order chi connectivity index (χ1) is 9.28. The van der Waals surface area contributed by atoms with Gasteiger partial charge in [0.2, 0.25) is 0 Å². The van der Waals surface area contributed by atoms with Gasteiger partial charge >= 0.3 is 0 Å². The number of benzene rings is 1. The molecule has 0 aliphatic carbocycles. The van der Waals surface area contributed by atoms with Crippen LogP contribution in [0, 0.1) is 0 Å². The molecule has 5 nitrogen and oxygen atoms in total. The van der Waals surface area contributed by atoms with E-state index in [1.807, 2.05) is 24.3 Å². The number of ether oxygens (including phenoxy) is 3. The lowest BCUT2D eigenvalue weighted by Crippen LogP contribution is -3.15. The molecule has 1 aromatic rings. The molecule has 1 saturated heterocycles. The molecule has 1 aliphatic heterocycles. The van der Waals surface area contributed by atoms with Crippen LogP contribution in [-0.2, 0) is 4.74 Å². The number of morpholine rings is 1. The second kappa shape index (κ2) is 7.33. The molecule has 0 radical (unpaired) electrons. The molecule has 0 amide bonds. The molecule has 0 saturated carbocycles. The van der Waals surface area contributed by atoms with E-state index < -0.39 is 6.10 Å². The Balaban J connectivity index is 1.74. The quantitative estimate of drug-likeness (QED) is 0.720. The molecular weight excluding hydrogens is 246 g/mol. The largest absolute Gasteiger partial charge is 0.497 e. The predicted molar refractivity (Wildman–Crippen MR) is 70.9 cm³/mol. The maximum atomic E-state index is 9.97. The van der Waals surface area contributed by atoms with Crippen molar-refractivity contribution < 1.29 is 24.2 Å². The molecule has 1 atom stereocenters. The highest BCUT2D eigenvalue weighted by molar-refractivity contribution is 5.32. The molecule has 2 rings (SSSR count). The van der Waals surface area contributed by atoms with E-state index >= 15 is 0 Å². The third kappa shape index (κ3) is 4.70. The summed E-state index contributed by atoms with van der Waals surface area (Å²) in [5.41, 5.74) is 0. The van der Waals surface area contributed by atoms with Gasteiger partial charge in [-0.25, -0.2) is 0 Å². The number of nitrogens with one attached hydrogen (secondary N) is 1. The van der Waals surface area contributed by atoms with Gasteiger partial charge < -0.3 is 24.2 Å². The summed E-state index contributed by atoms with van der Waals surface area (Å²) < 4.78 is 16.0. The molecule has 0 bridgehead atoms. The Labute approximate surface area is 113 Å². The van der Waals surface area contributed by atoms with E-state index in [1.165, 1.54) is 4.90 Å². The molecule has 2 N–H and O–H groups in total. The fourth-order valence-corrected chi connectivity index (χ4v) is 2.14. The fraction of sp³-hybridized carbons (Fsp3) is 0.571. The van der Waals surface area contributed by atoms with Gasteiger partial charge in [0, 0.05) is 6.07 Å². The molecule has 5 heteroatoms. The summed E-state index contributed by atoms with van der Waals surface area (Å²) in [7, 11) is 1.62. The van der Waals surface area contributed by atoms with Gasteiger partial charge in [0.25, 0.3) is 0 Å². The van der Waals surface area contributed by atoms with Crippen LogP contribution in [0.5, 0.6) is 11.5 Å². The van der Waals surface area contributed by atoms with Gasteiger partial charge in [-0.2, -0.15) is 0 Å². The lowest BCUT2D eigenvalue weighted by atomic mass is 10.3. The minimum atomic E-state index is -0.459. The van der Waals surface area contributed by atoms with Crippen molar-refractivity contribution in [3.8, 4) is 11.5 Å². The Morgan fingerprint density at radius 3 is 2.79 bits per heavy atom. The average Bonchev–Trinajstić information content (AvgIpc) is 2.46. The predicted octanol–water partition coefficient (Wildman–Crippen LogP) is -0.650. The van der Waals surface area contributed by atoms with Crippen LogP contribution in [0.1, 0.15) is 0 Å². The normalized spacial score (nSPS) is 18.0. The number of quaternary nitrogens is 1. The van der Waals surface area contributed by atoms with Gasteiger partial charge in [-0.05, 0) is 12.1 Å². The maximum Gasteiger partial charge on any atom is 0.137 e. The van der Waals surface area contributed by atoms with Crippen LogP contribution in [0.25, 0.3) is 0 Å². The molecule has 1 fully saturated rings. The van der Waals surface area contributed by atoms with Crippen LogP contribution >= 0.6 is 0 Å².